The number of sulfonamides is 1. The van der Waals surface area contributed by atoms with E-state index >= 15 is 0 Å². The van der Waals surface area contributed by atoms with Crippen LogP contribution >= 0.6 is 11.6 Å². The van der Waals surface area contributed by atoms with Crippen molar-refractivity contribution in [3.63, 3.8) is 0 Å². The fourth-order valence-electron chi connectivity index (χ4n) is 2.86. The first-order valence-electron chi connectivity index (χ1n) is 9.58. The van der Waals surface area contributed by atoms with Gasteiger partial charge in [0.2, 0.25) is 15.9 Å². The Bertz CT molecular complexity index is 1030. The van der Waals surface area contributed by atoms with Crippen LogP contribution in [-0.2, 0) is 21.4 Å². The molecule has 0 fully saturated rings. The molecule has 0 bridgehead atoms. The van der Waals surface area contributed by atoms with Gasteiger partial charge in [-0.05, 0) is 49.9 Å². The maximum absolute atomic E-state index is 12.5. The van der Waals surface area contributed by atoms with Gasteiger partial charge >= 0.3 is 0 Å². The van der Waals surface area contributed by atoms with Crippen molar-refractivity contribution < 1.29 is 22.7 Å². The van der Waals surface area contributed by atoms with E-state index < -0.39 is 10.0 Å². The Hall–Kier alpha value is -2.33. The van der Waals surface area contributed by atoms with Gasteiger partial charge in [-0.2, -0.15) is 0 Å². The van der Waals surface area contributed by atoms with Gasteiger partial charge in [-0.25, -0.2) is 12.7 Å². The van der Waals surface area contributed by atoms with E-state index in [1.807, 2.05) is 30.0 Å². The minimum atomic E-state index is -3.64. The number of rotatable bonds is 10. The Labute approximate surface area is 188 Å². The molecule has 0 aliphatic rings. The zero-order valence-corrected chi connectivity index (χ0v) is 19.9. The molecule has 0 radical (unpaired) electrons. The smallest absolute Gasteiger partial charge is 0.242 e. The Morgan fingerprint density at radius 3 is 2.42 bits per heavy atom. The van der Waals surface area contributed by atoms with Gasteiger partial charge < -0.3 is 14.8 Å². The summed E-state index contributed by atoms with van der Waals surface area (Å²) in [5.41, 5.74) is 1.19. The van der Waals surface area contributed by atoms with Crippen LogP contribution in [-0.4, -0.2) is 64.9 Å². The molecular weight excluding hydrogens is 442 g/mol. The van der Waals surface area contributed by atoms with Crippen LogP contribution < -0.4 is 14.8 Å². The van der Waals surface area contributed by atoms with Crippen LogP contribution in [0.3, 0.4) is 0 Å². The van der Waals surface area contributed by atoms with Gasteiger partial charge in [0.05, 0.1) is 35.9 Å². The fourth-order valence-corrected chi connectivity index (χ4v) is 3.95. The van der Waals surface area contributed by atoms with Gasteiger partial charge in [-0.15, -0.1) is 0 Å². The molecule has 0 heterocycles. The fraction of sp³-hybridized carbons (Fsp3) is 0.381. The van der Waals surface area contributed by atoms with Crippen molar-refractivity contribution in [2.45, 2.75) is 18.4 Å². The molecule has 10 heteroatoms. The average Bonchev–Trinajstić information content (AvgIpc) is 2.70. The van der Waals surface area contributed by atoms with Crippen LogP contribution in [0.25, 0.3) is 0 Å². The molecule has 0 saturated carbocycles. The van der Waals surface area contributed by atoms with Crippen LogP contribution in [0.1, 0.15) is 12.5 Å². The minimum Gasteiger partial charge on any atom is -0.493 e. The predicted molar refractivity (Wildman–Crippen MR) is 121 cm³/mol. The molecule has 2 rings (SSSR count). The number of carbonyl (C=O) groups excluding carboxylic acids is 1. The number of anilines is 1. The van der Waals surface area contributed by atoms with E-state index in [0.29, 0.717) is 24.7 Å². The number of nitrogens with one attached hydrogen (secondary N) is 1. The number of methoxy groups -OCH3 is 1. The molecule has 0 saturated heterocycles. The largest absolute Gasteiger partial charge is 0.493 e. The summed E-state index contributed by atoms with van der Waals surface area (Å²) in [6.45, 7) is 3.02. The first kappa shape index (κ1) is 24.9. The van der Waals surface area contributed by atoms with Gasteiger partial charge in [0.25, 0.3) is 0 Å². The third-order valence-corrected chi connectivity index (χ3v) is 6.53. The van der Waals surface area contributed by atoms with Gasteiger partial charge in [-0.3, -0.25) is 9.69 Å². The molecule has 0 unspecified atom stereocenters. The lowest BCUT2D eigenvalue weighted by Crippen LogP contribution is -2.30. The summed E-state index contributed by atoms with van der Waals surface area (Å²) in [6.07, 6.45) is 0. The molecule has 0 aromatic heterocycles. The third kappa shape index (κ3) is 6.57. The van der Waals surface area contributed by atoms with Crippen LogP contribution in [0.4, 0.5) is 5.69 Å². The average molecular weight is 470 g/mol. The maximum Gasteiger partial charge on any atom is 0.242 e. The van der Waals surface area contributed by atoms with E-state index in [1.165, 1.54) is 32.3 Å². The Balaban J connectivity index is 2.06. The number of likely N-dealkylation sites (N-methyl/N-ethyl adjacent to an activating group) is 1. The van der Waals surface area contributed by atoms with Crippen molar-refractivity contribution >= 4 is 33.2 Å². The van der Waals surface area contributed by atoms with E-state index in [4.69, 9.17) is 21.1 Å². The third-order valence-electron chi connectivity index (χ3n) is 4.38. The molecule has 1 N–H and O–H groups in total. The summed E-state index contributed by atoms with van der Waals surface area (Å²) in [5.74, 6) is 0.973. The summed E-state index contributed by atoms with van der Waals surface area (Å²) in [5, 5.41) is 2.94. The van der Waals surface area contributed by atoms with Crippen molar-refractivity contribution in [3.8, 4) is 11.5 Å². The second-order valence-electron chi connectivity index (χ2n) is 7.07. The number of ether oxygens (including phenoxy) is 2. The highest BCUT2D eigenvalue weighted by Crippen LogP contribution is 2.29. The lowest BCUT2D eigenvalue weighted by atomic mass is 10.2. The molecule has 0 aliphatic heterocycles. The van der Waals surface area contributed by atoms with Crippen molar-refractivity contribution in [3.05, 3.63) is 47.0 Å². The molecule has 0 atom stereocenters. The van der Waals surface area contributed by atoms with E-state index in [9.17, 15) is 13.2 Å². The van der Waals surface area contributed by atoms with E-state index in [2.05, 4.69) is 5.32 Å². The molecular formula is C21H28ClN3O5S. The zero-order chi connectivity index (χ0) is 23.2. The first-order chi connectivity index (χ1) is 14.6. The summed E-state index contributed by atoms with van der Waals surface area (Å²) in [7, 11) is 2.62. The quantitative estimate of drug-likeness (QED) is 0.575. The molecule has 170 valence electrons. The Morgan fingerprint density at radius 2 is 1.81 bits per heavy atom. The minimum absolute atomic E-state index is 0.0482. The monoisotopic (exact) mass is 469 g/mol. The van der Waals surface area contributed by atoms with Crippen LogP contribution in [0.15, 0.2) is 41.3 Å². The number of nitrogens with zero attached hydrogens (tertiary/aromatic N) is 2. The zero-order valence-electron chi connectivity index (χ0n) is 18.3. The van der Waals surface area contributed by atoms with Crippen molar-refractivity contribution in [1.29, 1.82) is 0 Å². The van der Waals surface area contributed by atoms with Gasteiger partial charge in [0.1, 0.15) is 0 Å². The lowest BCUT2D eigenvalue weighted by molar-refractivity contribution is -0.117. The maximum atomic E-state index is 12.5. The molecule has 2 aromatic rings. The van der Waals surface area contributed by atoms with Crippen LogP contribution in [0.2, 0.25) is 5.02 Å². The molecule has 0 spiro atoms. The summed E-state index contributed by atoms with van der Waals surface area (Å²) >= 11 is 6.15. The lowest BCUT2D eigenvalue weighted by Gasteiger charge is -2.18. The molecule has 2 aromatic carbocycles. The highest BCUT2D eigenvalue weighted by Gasteiger charge is 2.19. The van der Waals surface area contributed by atoms with Crippen molar-refractivity contribution in [2.24, 2.45) is 0 Å². The second-order valence-corrected chi connectivity index (χ2v) is 9.63. The first-order valence-corrected chi connectivity index (χ1v) is 11.4. The molecule has 1 amide bonds. The summed E-state index contributed by atoms with van der Waals surface area (Å²) < 4.78 is 36.6. The van der Waals surface area contributed by atoms with E-state index in [1.54, 1.807) is 14.2 Å². The summed E-state index contributed by atoms with van der Waals surface area (Å²) in [6, 6.07) is 9.82. The number of halogens is 1. The number of carbonyl (C=O) groups is 1. The summed E-state index contributed by atoms with van der Waals surface area (Å²) in [4.78, 5) is 14.4. The van der Waals surface area contributed by atoms with Gasteiger partial charge in [-0.1, -0.05) is 17.7 Å². The highest BCUT2D eigenvalue weighted by molar-refractivity contribution is 7.89. The number of benzene rings is 2. The standard InChI is InChI=1S/C21H28ClN3O5S/c1-6-30-19-10-7-15(11-20(19)29-5)13-25(4)14-21(26)23-18-12-16(8-9-17(18)22)31(27,28)24(2)3/h7-12H,6,13-14H2,1-5H3,(H,23,26). The van der Waals surface area contributed by atoms with Crippen LogP contribution in [0.5, 0.6) is 11.5 Å². The Morgan fingerprint density at radius 1 is 1.10 bits per heavy atom. The molecule has 8 nitrogen and oxygen atoms in total. The topological polar surface area (TPSA) is 88.2 Å². The SMILES string of the molecule is CCOc1ccc(CN(C)CC(=O)Nc2cc(S(=O)(=O)N(C)C)ccc2Cl)cc1OC. The molecule has 31 heavy (non-hydrogen) atoms. The molecule has 0 aliphatic carbocycles. The number of hydrogen-bond donors (Lipinski definition) is 1. The van der Waals surface area contributed by atoms with Gasteiger partial charge in [0.15, 0.2) is 11.5 Å². The van der Waals surface area contributed by atoms with Gasteiger partial charge in [0, 0.05) is 20.6 Å². The number of amides is 1. The van der Waals surface area contributed by atoms with Crippen LogP contribution in [0, 0.1) is 0 Å². The van der Waals surface area contributed by atoms with E-state index in [-0.39, 0.29) is 28.1 Å². The predicted octanol–water partition coefficient (Wildman–Crippen LogP) is 3.07. The Kier molecular flexibility index (Phi) is 8.69. The normalized spacial score (nSPS) is 11.6. The van der Waals surface area contributed by atoms with Crippen molar-refractivity contribution in [2.75, 3.05) is 46.7 Å². The van der Waals surface area contributed by atoms with E-state index in [0.717, 1.165) is 9.87 Å². The second kappa shape index (κ2) is 10.8. The van der Waals surface area contributed by atoms with Crippen molar-refractivity contribution in [1.82, 2.24) is 9.21 Å². The highest BCUT2D eigenvalue weighted by atomic mass is 35.5. The number of hydrogen-bond acceptors (Lipinski definition) is 6.